The molecule has 1 aromatic rings. The van der Waals surface area contributed by atoms with E-state index in [1.54, 1.807) is 0 Å². The van der Waals surface area contributed by atoms with Crippen LogP contribution in [0.4, 0.5) is 0 Å². The summed E-state index contributed by atoms with van der Waals surface area (Å²) in [5, 5.41) is 3.68. The first kappa shape index (κ1) is 14.9. The van der Waals surface area contributed by atoms with Gasteiger partial charge in [-0.2, -0.15) is 0 Å². The summed E-state index contributed by atoms with van der Waals surface area (Å²) in [5.41, 5.74) is 1.46. The van der Waals surface area contributed by atoms with Gasteiger partial charge in [0.1, 0.15) is 5.75 Å². The average Bonchev–Trinajstić information content (AvgIpc) is 3.20. The summed E-state index contributed by atoms with van der Waals surface area (Å²) in [5.74, 6) is 1.84. The van der Waals surface area contributed by atoms with E-state index in [2.05, 4.69) is 54.2 Å². The first-order valence-electron chi connectivity index (χ1n) is 7.19. The fourth-order valence-electron chi connectivity index (χ4n) is 2.31. The molecule has 1 aliphatic rings. The number of hydrogen-bond acceptors (Lipinski definition) is 2. The maximum absolute atomic E-state index is 5.82. The second-order valence-electron chi connectivity index (χ2n) is 5.95. The highest BCUT2D eigenvalue weighted by atomic mass is 79.9. The average molecular weight is 326 g/mol. The van der Waals surface area contributed by atoms with E-state index in [1.807, 2.05) is 6.07 Å². The molecule has 3 heteroatoms. The zero-order valence-corrected chi connectivity index (χ0v) is 13.7. The van der Waals surface area contributed by atoms with Crippen molar-refractivity contribution in [2.45, 2.75) is 52.1 Å². The van der Waals surface area contributed by atoms with Crippen LogP contribution in [0.2, 0.25) is 0 Å². The molecule has 0 radical (unpaired) electrons. The van der Waals surface area contributed by atoms with Crippen LogP contribution in [0.5, 0.6) is 5.75 Å². The van der Waals surface area contributed by atoms with Gasteiger partial charge < -0.3 is 10.1 Å². The summed E-state index contributed by atoms with van der Waals surface area (Å²) in [6.07, 6.45) is 3.76. The van der Waals surface area contributed by atoms with Crippen molar-refractivity contribution >= 4 is 15.9 Å². The zero-order valence-electron chi connectivity index (χ0n) is 12.1. The van der Waals surface area contributed by atoms with Gasteiger partial charge in [0, 0.05) is 22.1 Å². The Balaban J connectivity index is 2.02. The van der Waals surface area contributed by atoms with Crippen LogP contribution in [0, 0.1) is 5.92 Å². The predicted octanol–water partition coefficient (Wildman–Crippen LogP) is 4.52. The van der Waals surface area contributed by atoms with E-state index in [-0.39, 0.29) is 5.54 Å². The van der Waals surface area contributed by atoms with E-state index >= 15 is 0 Å². The number of nitrogens with one attached hydrogen (secondary N) is 1. The van der Waals surface area contributed by atoms with E-state index in [0.29, 0.717) is 0 Å². The lowest BCUT2D eigenvalue weighted by atomic mass is 9.98. The topological polar surface area (TPSA) is 21.3 Å². The fraction of sp³-hybridized carbons (Fsp3) is 0.625. The van der Waals surface area contributed by atoms with E-state index < -0.39 is 0 Å². The van der Waals surface area contributed by atoms with Crippen molar-refractivity contribution in [2.75, 3.05) is 6.61 Å². The second-order valence-corrected chi connectivity index (χ2v) is 6.87. The Morgan fingerprint density at radius 2 is 2.11 bits per heavy atom. The number of ether oxygens (including phenoxy) is 1. The predicted molar refractivity (Wildman–Crippen MR) is 83.6 cm³/mol. The third kappa shape index (κ3) is 4.22. The van der Waals surface area contributed by atoms with Gasteiger partial charge in [-0.15, -0.1) is 0 Å². The van der Waals surface area contributed by atoms with Gasteiger partial charge in [0.25, 0.3) is 0 Å². The van der Waals surface area contributed by atoms with Crippen LogP contribution in [0.25, 0.3) is 0 Å². The molecule has 0 aliphatic heterocycles. The molecule has 1 aliphatic carbocycles. The lowest BCUT2D eigenvalue weighted by molar-refractivity contribution is 0.305. The van der Waals surface area contributed by atoms with Crippen molar-refractivity contribution in [1.29, 1.82) is 0 Å². The summed E-state index contributed by atoms with van der Waals surface area (Å²) < 4.78 is 6.93. The molecule has 1 fully saturated rings. The molecule has 0 saturated heterocycles. The molecular weight excluding hydrogens is 302 g/mol. The molecule has 2 nitrogen and oxygen atoms in total. The van der Waals surface area contributed by atoms with Crippen molar-refractivity contribution in [1.82, 2.24) is 5.32 Å². The van der Waals surface area contributed by atoms with Crippen LogP contribution in [0.1, 0.15) is 45.6 Å². The Morgan fingerprint density at radius 1 is 1.37 bits per heavy atom. The maximum atomic E-state index is 5.82. The number of hydrogen-bond donors (Lipinski definition) is 1. The van der Waals surface area contributed by atoms with Gasteiger partial charge in [-0.3, -0.25) is 0 Å². The number of halogens is 1. The Hall–Kier alpha value is -0.540. The minimum atomic E-state index is 0.227. The molecule has 1 aromatic carbocycles. The van der Waals surface area contributed by atoms with Crippen molar-refractivity contribution in [2.24, 2.45) is 5.92 Å². The van der Waals surface area contributed by atoms with Gasteiger partial charge in [0.15, 0.2) is 0 Å². The van der Waals surface area contributed by atoms with Gasteiger partial charge in [-0.25, -0.2) is 0 Å². The molecule has 0 spiro atoms. The molecule has 0 amide bonds. The monoisotopic (exact) mass is 325 g/mol. The van der Waals surface area contributed by atoms with Crippen LogP contribution in [0.15, 0.2) is 22.7 Å². The van der Waals surface area contributed by atoms with E-state index in [0.717, 1.165) is 35.7 Å². The summed E-state index contributed by atoms with van der Waals surface area (Å²) in [6.45, 7) is 8.38. The minimum absolute atomic E-state index is 0.227. The summed E-state index contributed by atoms with van der Waals surface area (Å²) in [4.78, 5) is 0. The molecule has 0 bridgehead atoms. The third-order valence-corrected chi connectivity index (χ3v) is 4.31. The fourth-order valence-corrected chi connectivity index (χ4v) is 2.72. The minimum Gasteiger partial charge on any atom is -0.493 e. The molecule has 0 unspecified atom stereocenters. The SMILES string of the molecule is CCCOc1ccc(Br)cc1CNC(C)(C)C1CC1. The molecular formula is C16H24BrNO. The highest BCUT2D eigenvalue weighted by Crippen LogP contribution is 2.39. The largest absolute Gasteiger partial charge is 0.493 e. The molecule has 1 N–H and O–H groups in total. The number of benzene rings is 1. The Kier molecular flexibility index (Phi) is 4.91. The van der Waals surface area contributed by atoms with E-state index in [4.69, 9.17) is 4.74 Å². The van der Waals surface area contributed by atoms with Crippen molar-refractivity contribution in [3.63, 3.8) is 0 Å². The second kappa shape index (κ2) is 6.27. The van der Waals surface area contributed by atoms with E-state index in [9.17, 15) is 0 Å². The third-order valence-electron chi connectivity index (χ3n) is 3.82. The van der Waals surface area contributed by atoms with E-state index in [1.165, 1.54) is 18.4 Å². The molecule has 1 saturated carbocycles. The molecule has 0 atom stereocenters. The van der Waals surface area contributed by atoms with Gasteiger partial charge in [-0.05, 0) is 57.2 Å². The lowest BCUT2D eigenvalue weighted by Crippen LogP contribution is -2.40. The highest BCUT2D eigenvalue weighted by molar-refractivity contribution is 9.10. The van der Waals surface area contributed by atoms with Gasteiger partial charge in [-0.1, -0.05) is 22.9 Å². The molecule has 2 rings (SSSR count). The first-order valence-corrected chi connectivity index (χ1v) is 7.98. The zero-order chi connectivity index (χ0) is 13.9. The van der Waals surface area contributed by atoms with Crippen molar-refractivity contribution in [3.8, 4) is 5.75 Å². The molecule has 0 aromatic heterocycles. The van der Waals surface area contributed by atoms with Crippen molar-refractivity contribution < 1.29 is 4.74 Å². The Morgan fingerprint density at radius 3 is 2.74 bits per heavy atom. The Labute approximate surface area is 125 Å². The highest BCUT2D eigenvalue weighted by Gasteiger charge is 2.37. The van der Waals surface area contributed by atoms with Crippen molar-refractivity contribution in [3.05, 3.63) is 28.2 Å². The molecule has 0 heterocycles. The van der Waals surface area contributed by atoms with Crippen LogP contribution < -0.4 is 10.1 Å². The summed E-state index contributed by atoms with van der Waals surface area (Å²) >= 11 is 3.54. The van der Waals surface area contributed by atoms with Crippen LogP contribution in [-0.2, 0) is 6.54 Å². The molecule has 106 valence electrons. The van der Waals surface area contributed by atoms with Crippen LogP contribution in [-0.4, -0.2) is 12.1 Å². The summed E-state index contributed by atoms with van der Waals surface area (Å²) in [6, 6.07) is 6.25. The first-order chi connectivity index (χ1) is 9.03. The van der Waals surface area contributed by atoms with Crippen LogP contribution in [0.3, 0.4) is 0 Å². The molecule has 19 heavy (non-hydrogen) atoms. The normalized spacial score (nSPS) is 15.6. The van der Waals surface area contributed by atoms with Gasteiger partial charge in [0.2, 0.25) is 0 Å². The van der Waals surface area contributed by atoms with Gasteiger partial charge in [0.05, 0.1) is 6.61 Å². The number of rotatable bonds is 7. The lowest BCUT2D eigenvalue weighted by Gasteiger charge is -2.27. The summed E-state index contributed by atoms with van der Waals surface area (Å²) in [7, 11) is 0. The standard InChI is InChI=1S/C16H24BrNO/c1-4-9-19-15-8-7-14(17)10-12(15)11-18-16(2,3)13-5-6-13/h7-8,10,13,18H,4-6,9,11H2,1-3H3. The maximum Gasteiger partial charge on any atom is 0.123 e. The smallest absolute Gasteiger partial charge is 0.123 e. The van der Waals surface area contributed by atoms with Gasteiger partial charge >= 0.3 is 0 Å². The Bertz CT molecular complexity index is 427. The van der Waals surface area contributed by atoms with Crippen LogP contribution >= 0.6 is 15.9 Å². The quantitative estimate of drug-likeness (QED) is 0.796.